The lowest BCUT2D eigenvalue weighted by atomic mass is 10.4. The molecule has 0 N–H and O–H groups in total. The average Bonchev–Trinajstić information content (AvgIpc) is 2.96. The zero-order chi connectivity index (χ0) is 12.4. The van der Waals surface area contributed by atoms with E-state index in [1.807, 2.05) is 0 Å². The van der Waals surface area contributed by atoms with Gasteiger partial charge in [0.2, 0.25) is 12.1 Å². The molecule has 9 heteroatoms. The highest BCUT2D eigenvalue weighted by atomic mass is 35.5. The van der Waals surface area contributed by atoms with Gasteiger partial charge in [0.05, 0.1) is 5.88 Å². The molecule has 2 rings (SSSR count). The molecule has 1 unspecified atom stereocenters. The number of hydrogen-bond donors (Lipinski definition) is 0. The van der Waals surface area contributed by atoms with E-state index in [0.29, 0.717) is 0 Å². The molecule has 0 aliphatic carbocycles. The third kappa shape index (κ3) is 3.19. The van der Waals surface area contributed by atoms with Gasteiger partial charge in [-0.2, -0.15) is 14.7 Å². The van der Waals surface area contributed by atoms with Crippen molar-refractivity contribution in [2.45, 2.75) is 25.0 Å². The van der Waals surface area contributed by atoms with Crippen molar-refractivity contribution in [1.82, 2.24) is 0 Å². The first-order valence-corrected chi connectivity index (χ1v) is 5.91. The molecule has 2 fully saturated rings. The van der Waals surface area contributed by atoms with Crippen LogP contribution < -0.4 is 0 Å². The van der Waals surface area contributed by atoms with Crippen molar-refractivity contribution in [3.63, 3.8) is 0 Å². The highest BCUT2D eigenvalue weighted by Crippen LogP contribution is 2.35. The van der Waals surface area contributed by atoms with Gasteiger partial charge >= 0.3 is 5.97 Å². The molecule has 0 saturated carbocycles. The molecule has 0 aromatic heterocycles. The van der Waals surface area contributed by atoms with Crippen molar-refractivity contribution in [2.75, 3.05) is 25.2 Å². The van der Waals surface area contributed by atoms with Gasteiger partial charge in [-0.25, -0.2) is 4.89 Å². The zero-order valence-corrected chi connectivity index (χ0v) is 10.5. The van der Waals surface area contributed by atoms with Crippen LogP contribution in [0.2, 0.25) is 0 Å². The molecule has 7 nitrogen and oxygen atoms in total. The predicted molar refractivity (Wildman–Crippen MR) is 53.7 cm³/mol. The maximum atomic E-state index is 5.72. The van der Waals surface area contributed by atoms with Crippen LogP contribution in [0.1, 0.15) is 6.92 Å². The summed E-state index contributed by atoms with van der Waals surface area (Å²) in [4.78, 5) is 19.1. The largest absolute Gasteiger partial charge is 0.328 e. The van der Waals surface area contributed by atoms with Crippen molar-refractivity contribution in [3.8, 4) is 0 Å². The monoisotopic (exact) mass is 290 g/mol. The number of hydrogen-bond acceptors (Lipinski definition) is 7. The van der Waals surface area contributed by atoms with E-state index >= 15 is 0 Å². The van der Waals surface area contributed by atoms with E-state index in [0.717, 1.165) is 0 Å². The van der Waals surface area contributed by atoms with Crippen LogP contribution in [0.4, 0.5) is 0 Å². The lowest BCUT2D eigenvalue weighted by Gasteiger charge is -2.24. The molecule has 17 heavy (non-hydrogen) atoms. The summed E-state index contributed by atoms with van der Waals surface area (Å²) in [6, 6.07) is 0. The molecule has 0 aromatic carbocycles. The first-order valence-electron chi connectivity index (χ1n) is 4.84. The van der Waals surface area contributed by atoms with E-state index in [9.17, 15) is 0 Å². The molecular weight excluding hydrogens is 279 g/mol. The molecule has 2 saturated heterocycles. The Labute approximate surface area is 108 Å². The summed E-state index contributed by atoms with van der Waals surface area (Å²) in [5, 5.41) is 0. The maximum absolute atomic E-state index is 5.72. The van der Waals surface area contributed by atoms with Crippen LogP contribution in [-0.4, -0.2) is 43.2 Å². The Kier molecular flexibility index (Phi) is 4.45. The Bertz CT molecular complexity index is 262. The van der Waals surface area contributed by atoms with Crippen LogP contribution in [0.5, 0.6) is 0 Å². The van der Waals surface area contributed by atoms with Gasteiger partial charge in [-0.1, -0.05) is 0 Å². The fraction of sp³-hybridized carbons (Fsp3) is 1.00. The molecule has 0 amide bonds. The Morgan fingerprint density at radius 1 is 1.29 bits per heavy atom. The Morgan fingerprint density at radius 2 is 2.12 bits per heavy atom. The predicted octanol–water partition coefficient (Wildman–Crippen LogP) is 1.09. The van der Waals surface area contributed by atoms with E-state index in [1.165, 1.54) is 0 Å². The van der Waals surface area contributed by atoms with Gasteiger partial charge < -0.3 is 9.47 Å². The fourth-order valence-electron chi connectivity index (χ4n) is 1.21. The van der Waals surface area contributed by atoms with Crippen LogP contribution in [0, 0.1) is 0 Å². The van der Waals surface area contributed by atoms with E-state index in [4.69, 9.17) is 52.1 Å². The molecule has 3 atom stereocenters. The number of rotatable bonds is 5. The van der Waals surface area contributed by atoms with Crippen molar-refractivity contribution in [3.05, 3.63) is 0 Å². The summed E-state index contributed by atoms with van der Waals surface area (Å²) in [5.74, 6) is -2.67. The molecule has 2 heterocycles. The minimum absolute atomic E-state index is 0.00838. The van der Waals surface area contributed by atoms with Crippen molar-refractivity contribution < 1.29 is 33.8 Å². The van der Waals surface area contributed by atoms with E-state index in [2.05, 4.69) is 4.89 Å². The topological polar surface area (TPSA) is 64.6 Å². The van der Waals surface area contributed by atoms with Crippen molar-refractivity contribution in [2.24, 2.45) is 0 Å². The molecule has 0 spiro atoms. The average molecular weight is 291 g/mol. The quantitative estimate of drug-likeness (QED) is 0.555. The first-order chi connectivity index (χ1) is 8.11. The van der Waals surface area contributed by atoms with Crippen LogP contribution in [0.15, 0.2) is 0 Å². The molecule has 100 valence electrons. The summed E-state index contributed by atoms with van der Waals surface area (Å²) >= 11 is 11.4. The van der Waals surface area contributed by atoms with Gasteiger partial charge in [-0.15, -0.1) is 23.2 Å². The van der Waals surface area contributed by atoms with Gasteiger partial charge in [-0.3, -0.25) is 4.74 Å². The van der Waals surface area contributed by atoms with Crippen molar-refractivity contribution >= 4 is 23.2 Å². The fourth-order valence-corrected chi connectivity index (χ4v) is 1.49. The third-order valence-corrected chi connectivity index (χ3v) is 2.85. The Morgan fingerprint density at radius 3 is 2.65 bits per heavy atom. The highest BCUT2D eigenvalue weighted by Gasteiger charge is 2.51. The van der Waals surface area contributed by atoms with E-state index in [1.54, 1.807) is 6.92 Å². The lowest BCUT2D eigenvalue weighted by molar-refractivity contribution is -0.416. The van der Waals surface area contributed by atoms with Gasteiger partial charge in [0.1, 0.15) is 12.5 Å². The minimum Gasteiger partial charge on any atom is -0.319 e. The van der Waals surface area contributed by atoms with Gasteiger partial charge in [-0.05, 0) is 6.92 Å². The summed E-state index contributed by atoms with van der Waals surface area (Å²) < 4.78 is 15.7. The Hall–Kier alpha value is 0.300. The molecule has 2 aliphatic heterocycles. The second-order valence-corrected chi connectivity index (χ2v) is 4.13. The third-order valence-electron chi connectivity index (χ3n) is 2.04. The molecular formula is C8H12Cl2O7. The Balaban J connectivity index is 1.87. The van der Waals surface area contributed by atoms with Gasteiger partial charge in [0.25, 0.3) is 0 Å². The molecule has 0 aromatic rings. The summed E-state index contributed by atoms with van der Waals surface area (Å²) in [6.45, 7) is 1.65. The normalized spacial score (nSPS) is 42.2. The van der Waals surface area contributed by atoms with Crippen LogP contribution in [0.25, 0.3) is 0 Å². The SMILES string of the molecule is C[C@]1(CCl)OO[C@@](CCl)(OCC2OCOO2)O1. The second-order valence-electron chi connectivity index (χ2n) is 3.59. The summed E-state index contributed by atoms with van der Waals surface area (Å²) in [6.07, 6.45) is -0.662. The van der Waals surface area contributed by atoms with E-state index in [-0.39, 0.29) is 25.2 Å². The van der Waals surface area contributed by atoms with E-state index < -0.39 is 18.1 Å². The summed E-state index contributed by atoms with van der Waals surface area (Å²) in [7, 11) is 0. The smallest absolute Gasteiger partial charge is 0.319 e. The molecule has 0 radical (unpaired) electrons. The molecule has 0 bridgehead atoms. The standard InChI is InChI=1S/C8H12Cl2O7/c1-7(3-9)15-8(4-10,17-16-7)12-2-6-11-5-13-14-6/h6H,2-5H2,1H3/t6?,7-,8+/m1/s1. The molecule has 2 aliphatic rings. The minimum atomic E-state index is -1.53. The number of halogens is 2. The zero-order valence-electron chi connectivity index (χ0n) is 9.02. The van der Waals surface area contributed by atoms with Gasteiger partial charge in [0, 0.05) is 0 Å². The van der Waals surface area contributed by atoms with Crippen molar-refractivity contribution in [1.29, 1.82) is 0 Å². The van der Waals surface area contributed by atoms with Gasteiger partial charge in [0.15, 0.2) is 6.79 Å². The van der Waals surface area contributed by atoms with Crippen LogP contribution >= 0.6 is 23.2 Å². The second kappa shape index (κ2) is 5.52. The lowest BCUT2D eigenvalue weighted by Crippen LogP contribution is -2.41. The summed E-state index contributed by atoms with van der Waals surface area (Å²) in [5.41, 5.74) is 0. The highest BCUT2D eigenvalue weighted by molar-refractivity contribution is 6.18. The van der Waals surface area contributed by atoms with Crippen LogP contribution in [0.3, 0.4) is 0 Å². The first kappa shape index (κ1) is 13.7. The number of alkyl halides is 2. The maximum Gasteiger partial charge on any atom is 0.328 e. The number of ether oxygens (including phenoxy) is 3. The van der Waals surface area contributed by atoms with Crippen LogP contribution in [-0.2, 0) is 33.8 Å².